The van der Waals surface area contributed by atoms with Crippen molar-refractivity contribution in [2.45, 2.75) is 47.1 Å². The molecule has 0 saturated heterocycles. The van der Waals surface area contributed by atoms with E-state index in [4.69, 9.17) is 4.74 Å². The lowest BCUT2D eigenvalue weighted by Crippen LogP contribution is -2.36. The van der Waals surface area contributed by atoms with Crippen LogP contribution in [0, 0.1) is 11.3 Å². The Morgan fingerprint density at radius 2 is 1.90 bits per heavy atom. The lowest BCUT2D eigenvalue weighted by molar-refractivity contribution is 0.225. The molecule has 0 aromatic heterocycles. The Morgan fingerprint density at radius 3 is 2.40 bits per heavy atom. The first-order valence-corrected chi connectivity index (χ1v) is 8.09. The number of halogens is 1. The van der Waals surface area contributed by atoms with Crippen molar-refractivity contribution in [2.24, 2.45) is 11.3 Å². The molecule has 3 heteroatoms. The predicted octanol–water partition coefficient (Wildman–Crippen LogP) is 4.66. The molecule has 20 heavy (non-hydrogen) atoms. The van der Waals surface area contributed by atoms with Crippen molar-refractivity contribution >= 4 is 15.9 Å². The second kappa shape index (κ2) is 7.46. The monoisotopic (exact) mass is 341 g/mol. The fourth-order valence-electron chi connectivity index (χ4n) is 2.23. The zero-order valence-electron chi connectivity index (χ0n) is 13.6. The number of benzene rings is 1. The molecular formula is C17H28BrNO. The Balaban J connectivity index is 2.91. The first kappa shape index (κ1) is 17.5. The molecule has 0 aliphatic rings. The van der Waals surface area contributed by atoms with E-state index < -0.39 is 0 Å². The summed E-state index contributed by atoms with van der Waals surface area (Å²) in [7, 11) is 1.74. The van der Waals surface area contributed by atoms with Gasteiger partial charge in [-0.25, -0.2) is 0 Å². The second-order valence-corrected chi connectivity index (χ2v) is 7.70. The minimum atomic E-state index is 0.259. The zero-order chi connectivity index (χ0) is 15.3. The highest BCUT2D eigenvalue weighted by atomic mass is 79.9. The van der Waals surface area contributed by atoms with E-state index >= 15 is 0 Å². The molecule has 1 aromatic rings. The summed E-state index contributed by atoms with van der Waals surface area (Å²) in [5.41, 5.74) is 1.53. The van der Waals surface area contributed by atoms with Gasteiger partial charge in [0.25, 0.3) is 0 Å². The van der Waals surface area contributed by atoms with Gasteiger partial charge in [-0.15, -0.1) is 0 Å². The third-order valence-corrected chi connectivity index (χ3v) is 4.20. The highest BCUT2D eigenvalue weighted by Crippen LogP contribution is 2.32. The SMILES string of the molecule is COc1ccc(Br)cc1CC(CNC(C)C)C(C)(C)C. The average Bonchev–Trinajstić information content (AvgIpc) is 2.33. The Hall–Kier alpha value is -0.540. The summed E-state index contributed by atoms with van der Waals surface area (Å²) in [5.74, 6) is 1.54. The molecule has 1 atom stereocenters. The predicted molar refractivity (Wildman–Crippen MR) is 90.5 cm³/mol. The van der Waals surface area contributed by atoms with Crippen molar-refractivity contribution in [1.29, 1.82) is 0 Å². The van der Waals surface area contributed by atoms with E-state index in [1.54, 1.807) is 7.11 Å². The lowest BCUT2D eigenvalue weighted by atomic mass is 9.77. The van der Waals surface area contributed by atoms with Crippen molar-refractivity contribution in [2.75, 3.05) is 13.7 Å². The lowest BCUT2D eigenvalue weighted by Gasteiger charge is -2.32. The maximum atomic E-state index is 5.50. The summed E-state index contributed by atoms with van der Waals surface area (Å²) in [4.78, 5) is 0. The van der Waals surface area contributed by atoms with Crippen LogP contribution in [0.5, 0.6) is 5.75 Å². The third kappa shape index (κ3) is 5.45. The maximum absolute atomic E-state index is 5.50. The number of methoxy groups -OCH3 is 1. The van der Waals surface area contributed by atoms with Gasteiger partial charge in [0.2, 0.25) is 0 Å². The first-order chi connectivity index (χ1) is 9.24. The van der Waals surface area contributed by atoms with Crippen molar-refractivity contribution in [1.82, 2.24) is 5.32 Å². The van der Waals surface area contributed by atoms with Crippen molar-refractivity contribution in [3.05, 3.63) is 28.2 Å². The molecule has 0 aliphatic heterocycles. The van der Waals surface area contributed by atoms with Crippen LogP contribution in [0.15, 0.2) is 22.7 Å². The molecule has 0 spiro atoms. The molecule has 1 rings (SSSR count). The normalized spacial score (nSPS) is 13.6. The molecule has 0 bridgehead atoms. The summed E-state index contributed by atoms with van der Waals surface area (Å²) in [6.45, 7) is 12.3. The van der Waals surface area contributed by atoms with Crippen LogP contribution in [0.25, 0.3) is 0 Å². The van der Waals surface area contributed by atoms with E-state index in [0.717, 1.165) is 23.2 Å². The van der Waals surface area contributed by atoms with Gasteiger partial charge in [-0.2, -0.15) is 0 Å². The molecular weight excluding hydrogens is 314 g/mol. The zero-order valence-corrected chi connectivity index (χ0v) is 15.2. The molecule has 0 amide bonds. The molecule has 1 unspecified atom stereocenters. The smallest absolute Gasteiger partial charge is 0.122 e. The molecule has 1 aromatic carbocycles. The third-order valence-electron chi connectivity index (χ3n) is 3.71. The van der Waals surface area contributed by atoms with Crippen LogP contribution in [0.2, 0.25) is 0 Å². The summed E-state index contributed by atoms with van der Waals surface area (Å²) in [6.07, 6.45) is 1.02. The van der Waals surface area contributed by atoms with Crippen LogP contribution in [0.3, 0.4) is 0 Å². The standard InChI is InChI=1S/C17H28BrNO/c1-12(2)19-11-14(17(3,4)5)9-13-10-15(18)7-8-16(13)20-6/h7-8,10,12,14,19H,9,11H2,1-6H3. The molecule has 0 heterocycles. The topological polar surface area (TPSA) is 21.3 Å². The minimum Gasteiger partial charge on any atom is -0.496 e. The van der Waals surface area contributed by atoms with Gasteiger partial charge < -0.3 is 10.1 Å². The number of nitrogens with one attached hydrogen (secondary N) is 1. The van der Waals surface area contributed by atoms with E-state index in [1.807, 2.05) is 12.1 Å². The minimum absolute atomic E-state index is 0.259. The van der Waals surface area contributed by atoms with Crippen LogP contribution in [0.1, 0.15) is 40.2 Å². The van der Waals surface area contributed by atoms with Crippen LogP contribution in [0.4, 0.5) is 0 Å². The van der Waals surface area contributed by atoms with Gasteiger partial charge in [0.15, 0.2) is 0 Å². The quantitative estimate of drug-likeness (QED) is 0.812. The van der Waals surface area contributed by atoms with Crippen LogP contribution < -0.4 is 10.1 Å². The van der Waals surface area contributed by atoms with Gasteiger partial charge in [0.1, 0.15) is 5.75 Å². The molecule has 114 valence electrons. The average molecular weight is 342 g/mol. The largest absolute Gasteiger partial charge is 0.496 e. The van der Waals surface area contributed by atoms with Gasteiger partial charge in [-0.3, -0.25) is 0 Å². The summed E-state index contributed by atoms with van der Waals surface area (Å²) in [6, 6.07) is 6.76. The van der Waals surface area contributed by atoms with Crippen molar-refractivity contribution < 1.29 is 4.74 Å². The van der Waals surface area contributed by atoms with Crippen LogP contribution in [-0.4, -0.2) is 19.7 Å². The van der Waals surface area contributed by atoms with Gasteiger partial charge >= 0.3 is 0 Å². The molecule has 2 nitrogen and oxygen atoms in total. The molecule has 0 saturated carbocycles. The molecule has 0 radical (unpaired) electrons. The van der Waals surface area contributed by atoms with Crippen LogP contribution in [-0.2, 0) is 6.42 Å². The Bertz CT molecular complexity index is 423. The highest BCUT2D eigenvalue weighted by Gasteiger charge is 2.25. The van der Waals surface area contributed by atoms with E-state index in [-0.39, 0.29) is 5.41 Å². The summed E-state index contributed by atoms with van der Waals surface area (Å²) < 4.78 is 6.61. The van der Waals surface area contributed by atoms with Gasteiger partial charge in [0, 0.05) is 10.5 Å². The Kier molecular flexibility index (Phi) is 6.53. The number of hydrogen-bond acceptors (Lipinski definition) is 2. The van der Waals surface area contributed by atoms with Gasteiger partial charge in [0.05, 0.1) is 7.11 Å². The van der Waals surface area contributed by atoms with Gasteiger partial charge in [-0.1, -0.05) is 50.5 Å². The highest BCUT2D eigenvalue weighted by molar-refractivity contribution is 9.10. The first-order valence-electron chi connectivity index (χ1n) is 7.30. The fraction of sp³-hybridized carbons (Fsp3) is 0.647. The Labute approximate surface area is 132 Å². The summed E-state index contributed by atoms with van der Waals surface area (Å²) in [5, 5.41) is 3.57. The summed E-state index contributed by atoms with van der Waals surface area (Å²) >= 11 is 3.56. The maximum Gasteiger partial charge on any atom is 0.122 e. The molecule has 0 aliphatic carbocycles. The number of hydrogen-bond donors (Lipinski definition) is 1. The number of rotatable bonds is 6. The molecule has 0 fully saturated rings. The van der Waals surface area contributed by atoms with Crippen molar-refractivity contribution in [3.63, 3.8) is 0 Å². The van der Waals surface area contributed by atoms with E-state index in [9.17, 15) is 0 Å². The molecule has 1 N–H and O–H groups in total. The van der Waals surface area contributed by atoms with E-state index in [1.165, 1.54) is 5.56 Å². The Morgan fingerprint density at radius 1 is 1.25 bits per heavy atom. The van der Waals surface area contributed by atoms with Crippen LogP contribution >= 0.6 is 15.9 Å². The van der Waals surface area contributed by atoms with E-state index in [2.05, 4.69) is 61.9 Å². The van der Waals surface area contributed by atoms with E-state index in [0.29, 0.717) is 12.0 Å². The van der Waals surface area contributed by atoms with Crippen molar-refractivity contribution in [3.8, 4) is 5.75 Å². The van der Waals surface area contributed by atoms with Gasteiger partial charge in [-0.05, 0) is 48.1 Å². The second-order valence-electron chi connectivity index (χ2n) is 6.79. The fourth-order valence-corrected chi connectivity index (χ4v) is 2.64. The number of ether oxygens (including phenoxy) is 1.